The molecule has 0 spiro atoms. The first-order chi connectivity index (χ1) is 13.5. The van der Waals surface area contributed by atoms with Crippen LogP contribution in [-0.2, 0) is 11.3 Å². The highest BCUT2D eigenvalue weighted by Crippen LogP contribution is 2.28. The number of carbonyl (C=O) groups excluding carboxylic acids is 1. The van der Waals surface area contributed by atoms with E-state index in [0.29, 0.717) is 37.7 Å². The van der Waals surface area contributed by atoms with Crippen molar-refractivity contribution in [3.63, 3.8) is 0 Å². The third kappa shape index (κ3) is 3.93. The van der Waals surface area contributed by atoms with E-state index in [1.54, 1.807) is 4.90 Å². The van der Waals surface area contributed by atoms with Crippen LogP contribution in [0.1, 0.15) is 22.6 Å². The molecule has 0 saturated carbocycles. The maximum absolute atomic E-state index is 12.6. The molecule has 1 saturated heterocycles. The Morgan fingerprint density at radius 3 is 2.68 bits per heavy atom. The number of thiazole rings is 1. The van der Waals surface area contributed by atoms with Gasteiger partial charge >= 0.3 is 0 Å². The number of nitrogens with zero attached hydrogens (tertiary/aromatic N) is 4. The van der Waals surface area contributed by atoms with E-state index < -0.39 is 18.1 Å². The number of fused-ring (bicyclic) bond motifs is 1. The molecule has 8 nitrogen and oxygen atoms in total. The van der Waals surface area contributed by atoms with Crippen molar-refractivity contribution in [2.24, 2.45) is 0 Å². The first kappa shape index (κ1) is 19.0. The molecule has 0 radical (unpaired) electrons. The fraction of sp³-hybridized carbons (Fsp3) is 0.421. The number of aryl methyl sites for hydroxylation is 1. The molecule has 4 rings (SSSR count). The maximum atomic E-state index is 12.6. The number of carbonyl (C=O) groups is 1. The van der Waals surface area contributed by atoms with Gasteiger partial charge in [-0.2, -0.15) is 0 Å². The molecule has 0 aliphatic carbocycles. The van der Waals surface area contributed by atoms with Crippen molar-refractivity contribution in [3.05, 3.63) is 46.8 Å². The Morgan fingerprint density at radius 2 is 2.00 bits per heavy atom. The van der Waals surface area contributed by atoms with Gasteiger partial charge in [0.25, 0.3) is 5.91 Å². The average Bonchev–Trinajstić information content (AvgIpc) is 3.32. The second kappa shape index (κ2) is 7.96. The van der Waals surface area contributed by atoms with Crippen LogP contribution in [0.3, 0.4) is 0 Å². The molecule has 1 amide bonds. The van der Waals surface area contributed by atoms with Crippen LogP contribution in [0.4, 0.5) is 0 Å². The van der Waals surface area contributed by atoms with E-state index >= 15 is 0 Å². The van der Waals surface area contributed by atoms with Crippen LogP contribution in [0, 0.1) is 6.92 Å². The third-order valence-electron chi connectivity index (χ3n) is 4.86. The lowest BCUT2D eigenvalue weighted by Gasteiger charge is -2.35. The first-order valence-electron chi connectivity index (χ1n) is 9.16. The molecule has 3 aromatic rings. The molecular formula is C19H22N4O4S. The number of benzene rings is 1. The lowest BCUT2D eigenvalue weighted by Crippen LogP contribution is -2.52. The zero-order valence-electron chi connectivity index (χ0n) is 15.5. The van der Waals surface area contributed by atoms with E-state index in [-0.39, 0.29) is 0 Å². The van der Waals surface area contributed by atoms with Gasteiger partial charge in [0.1, 0.15) is 11.1 Å². The number of para-hydroxylation sites is 1. The Bertz CT molecular complexity index is 931. The summed E-state index contributed by atoms with van der Waals surface area (Å²) in [6.07, 6.45) is -2.86. The molecule has 2 unspecified atom stereocenters. The van der Waals surface area contributed by atoms with E-state index in [4.69, 9.17) is 4.52 Å². The number of piperazine rings is 1. The maximum Gasteiger partial charge on any atom is 0.254 e. The number of hydrogen-bond acceptors (Lipinski definition) is 8. The number of amides is 1. The van der Waals surface area contributed by atoms with E-state index in [0.717, 1.165) is 21.7 Å². The van der Waals surface area contributed by atoms with Crippen molar-refractivity contribution in [1.29, 1.82) is 0 Å². The van der Waals surface area contributed by atoms with Gasteiger partial charge in [0.15, 0.2) is 11.9 Å². The molecule has 0 bridgehead atoms. The SMILES string of the molecule is Cc1cc(CN2CCN(C(=O)C(O)C(O)c3nc4ccccc4s3)CC2)on1. The van der Waals surface area contributed by atoms with Crippen molar-refractivity contribution in [3.8, 4) is 0 Å². The van der Waals surface area contributed by atoms with Gasteiger partial charge in [0.05, 0.1) is 22.5 Å². The van der Waals surface area contributed by atoms with Crippen LogP contribution >= 0.6 is 11.3 Å². The molecular weight excluding hydrogens is 380 g/mol. The number of hydrogen-bond donors (Lipinski definition) is 2. The lowest BCUT2D eigenvalue weighted by atomic mass is 10.1. The Kier molecular flexibility index (Phi) is 5.40. The van der Waals surface area contributed by atoms with Gasteiger partial charge in [-0.05, 0) is 19.1 Å². The van der Waals surface area contributed by atoms with Crippen molar-refractivity contribution in [1.82, 2.24) is 19.9 Å². The van der Waals surface area contributed by atoms with Crippen LogP contribution in [0.5, 0.6) is 0 Å². The molecule has 2 atom stereocenters. The smallest absolute Gasteiger partial charge is 0.254 e. The van der Waals surface area contributed by atoms with Crippen LogP contribution < -0.4 is 0 Å². The standard InChI is InChI=1S/C19H22N4O4S/c1-12-10-13(27-21-12)11-22-6-8-23(9-7-22)19(26)17(25)16(24)18-20-14-4-2-3-5-15(14)28-18/h2-5,10,16-17,24-25H,6-9,11H2,1H3. The highest BCUT2D eigenvalue weighted by molar-refractivity contribution is 7.18. The highest BCUT2D eigenvalue weighted by Gasteiger charge is 2.33. The summed E-state index contributed by atoms with van der Waals surface area (Å²) in [5, 5.41) is 25.1. The van der Waals surface area contributed by atoms with E-state index in [1.807, 2.05) is 37.3 Å². The van der Waals surface area contributed by atoms with Crippen molar-refractivity contribution in [2.75, 3.05) is 26.2 Å². The quantitative estimate of drug-likeness (QED) is 0.664. The third-order valence-corrected chi connectivity index (χ3v) is 5.96. The zero-order chi connectivity index (χ0) is 19.7. The average molecular weight is 402 g/mol. The van der Waals surface area contributed by atoms with Gasteiger partial charge < -0.3 is 19.6 Å². The summed E-state index contributed by atoms with van der Waals surface area (Å²) in [5.74, 6) is 0.325. The molecule has 2 N–H and O–H groups in total. The first-order valence-corrected chi connectivity index (χ1v) is 9.98. The highest BCUT2D eigenvalue weighted by atomic mass is 32.1. The van der Waals surface area contributed by atoms with E-state index in [9.17, 15) is 15.0 Å². The van der Waals surface area contributed by atoms with Gasteiger partial charge in [-0.25, -0.2) is 4.98 Å². The fourth-order valence-corrected chi connectivity index (χ4v) is 4.30. The second-order valence-electron chi connectivity index (χ2n) is 6.95. The van der Waals surface area contributed by atoms with Gasteiger partial charge in [-0.1, -0.05) is 17.3 Å². The number of aliphatic hydroxyl groups excluding tert-OH is 2. The minimum Gasteiger partial charge on any atom is -0.383 e. The van der Waals surface area contributed by atoms with Crippen LogP contribution in [0.2, 0.25) is 0 Å². The molecule has 1 aliphatic rings. The molecule has 1 fully saturated rings. The van der Waals surface area contributed by atoms with E-state index in [2.05, 4.69) is 15.0 Å². The van der Waals surface area contributed by atoms with Crippen LogP contribution in [0.25, 0.3) is 10.2 Å². The lowest BCUT2D eigenvalue weighted by molar-refractivity contribution is -0.148. The normalized spacial score (nSPS) is 17.8. The molecule has 2 aromatic heterocycles. The fourth-order valence-electron chi connectivity index (χ4n) is 3.31. The Hall–Kier alpha value is -2.33. The van der Waals surface area contributed by atoms with Crippen molar-refractivity contribution < 1.29 is 19.5 Å². The number of aromatic nitrogens is 2. The van der Waals surface area contributed by atoms with Gasteiger partial charge in [0, 0.05) is 32.2 Å². The topological polar surface area (TPSA) is 103 Å². The Morgan fingerprint density at radius 1 is 1.25 bits per heavy atom. The predicted octanol–water partition coefficient (Wildman–Crippen LogP) is 1.33. The number of rotatable bonds is 5. The summed E-state index contributed by atoms with van der Waals surface area (Å²) in [6, 6.07) is 9.38. The van der Waals surface area contributed by atoms with Crippen LogP contribution in [-0.4, -0.2) is 68.3 Å². The van der Waals surface area contributed by atoms with Gasteiger partial charge in [0.2, 0.25) is 0 Å². The Labute approximate surface area is 166 Å². The molecule has 9 heteroatoms. The van der Waals surface area contributed by atoms with Crippen LogP contribution in [0.15, 0.2) is 34.9 Å². The Balaban J connectivity index is 1.35. The summed E-state index contributed by atoms with van der Waals surface area (Å²) in [6.45, 7) is 4.80. The predicted molar refractivity (Wildman–Crippen MR) is 104 cm³/mol. The minimum atomic E-state index is -1.52. The molecule has 1 aliphatic heterocycles. The summed E-state index contributed by atoms with van der Waals surface area (Å²) in [4.78, 5) is 20.7. The van der Waals surface area contributed by atoms with Gasteiger partial charge in [-0.3, -0.25) is 9.69 Å². The van der Waals surface area contributed by atoms with Crippen molar-refractivity contribution in [2.45, 2.75) is 25.7 Å². The number of aliphatic hydroxyl groups is 2. The van der Waals surface area contributed by atoms with Crippen molar-refractivity contribution >= 4 is 27.5 Å². The molecule has 3 heterocycles. The molecule has 28 heavy (non-hydrogen) atoms. The second-order valence-corrected chi connectivity index (χ2v) is 8.01. The monoisotopic (exact) mass is 402 g/mol. The summed E-state index contributed by atoms with van der Waals surface area (Å²) >= 11 is 1.28. The summed E-state index contributed by atoms with van der Waals surface area (Å²) in [7, 11) is 0. The largest absolute Gasteiger partial charge is 0.383 e. The van der Waals surface area contributed by atoms with Gasteiger partial charge in [-0.15, -0.1) is 11.3 Å². The minimum absolute atomic E-state index is 0.348. The zero-order valence-corrected chi connectivity index (χ0v) is 16.3. The van der Waals surface area contributed by atoms with E-state index in [1.165, 1.54) is 11.3 Å². The summed E-state index contributed by atoms with van der Waals surface area (Å²) in [5.41, 5.74) is 1.59. The molecule has 148 valence electrons. The molecule has 1 aromatic carbocycles. The summed E-state index contributed by atoms with van der Waals surface area (Å²) < 4.78 is 6.14.